The number of carbonyl (C=O) groups excluding carboxylic acids is 4. The molecule has 0 saturated carbocycles. The summed E-state index contributed by atoms with van der Waals surface area (Å²) < 4.78 is 10.0. The Morgan fingerprint density at radius 3 is 2.14 bits per heavy atom. The van der Waals surface area contributed by atoms with Crippen molar-refractivity contribution in [3.63, 3.8) is 0 Å². The fraction of sp³-hybridized carbons (Fsp3) is 0.789. The minimum atomic E-state index is -0.792. The molecule has 3 amide bonds. The van der Waals surface area contributed by atoms with Crippen molar-refractivity contribution >= 4 is 23.9 Å². The van der Waals surface area contributed by atoms with Crippen LogP contribution in [0.5, 0.6) is 0 Å². The van der Waals surface area contributed by atoms with Crippen LogP contribution in [-0.2, 0) is 23.9 Å². The summed E-state index contributed by atoms with van der Waals surface area (Å²) in [6, 6.07) is -2.07. The zero-order valence-corrected chi connectivity index (χ0v) is 17.3. The molecule has 0 bridgehead atoms. The standard InChI is InChI=1S/C19H31N3O6/c1-12(17(25)27-5)20-15(23)13-8-6-10-21(13)16(24)14-9-7-11-22(14)18(26)28-19(2,3)4/h12-14H,6-11H2,1-5H3,(H,20,23). The zero-order chi connectivity index (χ0) is 21.1. The fourth-order valence-corrected chi connectivity index (χ4v) is 3.60. The van der Waals surface area contributed by atoms with E-state index in [2.05, 4.69) is 10.1 Å². The first-order valence-corrected chi connectivity index (χ1v) is 9.73. The minimum Gasteiger partial charge on any atom is -0.467 e. The average Bonchev–Trinajstić information content (AvgIpc) is 3.27. The fourth-order valence-electron chi connectivity index (χ4n) is 3.60. The molecular weight excluding hydrogens is 366 g/mol. The highest BCUT2D eigenvalue weighted by Crippen LogP contribution is 2.26. The molecule has 2 fully saturated rings. The highest BCUT2D eigenvalue weighted by Gasteiger charge is 2.43. The molecule has 0 aromatic rings. The van der Waals surface area contributed by atoms with Gasteiger partial charge in [0, 0.05) is 13.1 Å². The zero-order valence-electron chi connectivity index (χ0n) is 17.3. The Balaban J connectivity index is 2.06. The molecule has 0 spiro atoms. The highest BCUT2D eigenvalue weighted by molar-refractivity contribution is 5.93. The number of nitrogens with one attached hydrogen (secondary N) is 1. The van der Waals surface area contributed by atoms with Crippen LogP contribution in [0.25, 0.3) is 0 Å². The van der Waals surface area contributed by atoms with Gasteiger partial charge >= 0.3 is 12.1 Å². The molecule has 0 aromatic carbocycles. The predicted octanol–water partition coefficient (Wildman–Crippen LogP) is 1.05. The van der Waals surface area contributed by atoms with Gasteiger partial charge < -0.3 is 19.7 Å². The van der Waals surface area contributed by atoms with Gasteiger partial charge in [0.15, 0.2) is 0 Å². The van der Waals surface area contributed by atoms with Crippen molar-refractivity contribution in [1.82, 2.24) is 15.1 Å². The van der Waals surface area contributed by atoms with Gasteiger partial charge in [-0.1, -0.05) is 0 Å². The number of methoxy groups -OCH3 is 1. The quantitative estimate of drug-likeness (QED) is 0.711. The van der Waals surface area contributed by atoms with E-state index in [0.29, 0.717) is 38.8 Å². The Labute approximate surface area is 165 Å². The summed E-state index contributed by atoms with van der Waals surface area (Å²) in [7, 11) is 1.25. The van der Waals surface area contributed by atoms with Crippen molar-refractivity contribution < 1.29 is 28.7 Å². The van der Waals surface area contributed by atoms with Crippen LogP contribution in [0.3, 0.4) is 0 Å². The number of hydrogen-bond donors (Lipinski definition) is 1. The molecule has 2 saturated heterocycles. The first kappa shape index (κ1) is 22.0. The molecule has 2 rings (SSSR count). The van der Waals surface area contributed by atoms with Crippen LogP contribution >= 0.6 is 0 Å². The first-order chi connectivity index (χ1) is 13.0. The minimum absolute atomic E-state index is 0.244. The lowest BCUT2D eigenvalue weighted by molar-refractivity contribution is -0.146. The Morgan fingerprint density at radius 2 is 1.57 bits per heavy atom. The van der Waals surface area contributed by atoms with E-state index in [1.165, 1.54) is 23.8 Å². The lowest BCUT2D eigenvalue weighted by atomic mass is 10.1. The monoisotopic (exact) mass is 397 g/mol. The molecule has 3 atom stereocenters. The maximum atomic E-state index is 13.1. The molecule has 158 valence electrons. The number of esters is 1. The topological polar surface area (TPSA) is 105 Å². The van der Waals surface area contributed by atoms with E-state index in [1.807, 2.05) is 0 Å². The van der Waals surface area contributed by atoms with Gasteiger partial charge in [-0.3, -0.25) is 14.5 Å². The predicted molar refractivity (Wildman–Crippen MR) is 100 cm³/mol. The van der Waals surface area contributed by atoms with E-state index in [-0.39, 0.29) is 11.8 Å². The van der Waals surface area contributed by atoms with Gasteiger partial charge in [-0.05, 0) is 53.4 Å². The van der Waals surface area contributed by atoms with Crippen molar-refractivity contribution in [2.45, 2.75) is 77.1 Å². The number of carbonyl (C=O) groups is 4. The third-order valence-electron chi connectivity index (χ3n) is 4.92. The van der Waals surface area contributed by atoms with Crippen LogP contribution in [-0.4, -0.2) is 77.6 Å². The Kier molecular flexibility index (Phi) is 6.90. The summed E-state index contributed by atoms with van der Waals surface area (Å²) in [5.41, 5.74) is -0.645. The van der Waals surface area contributed by atoms with E-state index >= 15 is 0 Å². The van der Waals surface area contributed by atoms with Gasteiger partial charge in [0.2, 0.25) is 11.8 Å². The van der Waals surface area contributed by atoms with Crippen LogP contribution in [0.1, 0.15) is 53.4 Å². The third kappa shape index (κ3) is 5.14. The van der Waals surface area contributed by atoms with Crippen molar-refractivity contribution in [3.8, 4) is 0 Å². The summed E-state index contributed by atoms with van der Waals surface area (Å²) in [6.45, 7) is 7.77. The first-order valence-electron chi connectivity index (χ1n) is 9.73. The Morgan fingerprint density at radius 1 is 1.00 bits per heavy atom. The molecule has 9 heteroatoms. The molecule has 3 unspecified atom stereocenters. The summed E-state index contributed by atoms with van der Waals surface area (Å²) in [5, 5.41) is 2.60. The van der Waals surface area contributed by atoms with Crippen LogP contribution in [0, 0.1) is 0 Å². The summed E-state index contributed by atoms with van der Waals surface area (Å²) in [4.78, 5) is 52.7. The second kappa shape index (κ2) is 8.79. The van der Waals surface area contributed by atoms with Crippen molar-refractivity contribution in [3.05, 3.63) is 0 Å². The lowest BCUT2D eigenvalue weighted by Crippen LogP contribution is -2.54. The molecule has 0 aliphatic carbocycles. The Bertz CT molecular complexity index is 630. The lowest BCUT2D eigenvalue weighted by Gasteiger charge is -2.32. The van der Waals surface area contributed by atoms with Crippen LogP contribution in [0.4, 0.5) is 4.79 Å². The van der Waals surface area contributed by atoms with Gasteiger partial charge in [-0.25, -0.2) is 9.59 Å². The van der Waals surface area contributed by atoms with Crippen LogP contribution < -0.4 is 5.32 Å². The maximum absolute atomic E-state index is 13.1. The number of nitrogens with zero attached hydrogens (tertiary/aromatic N) is 2. The number of ether oxygens (including phenoxy) is 2. The Hall–Kier alpha value is -2.32. The van der Waals surface area contributed by atoms with Crippen molar-refractivity contribution in [1.29, 1.82) is 0 Å². The molecule has 2 aliphatic heterocycles. The van der Waals surface area contributed by atoms with E-state index in [1.54, 1.807) is 20.8 Å². The number of amides is 3. The molecule has 2 heterocycles. The molecule has 9 nitrogen and oxygen atoms in total. The van der Waals surface area contributed by atoms with Crippen LogP contribution in [0.2, 0.25) is 0 Å². The van der Waals surface area contributed by atoms with Gasteiger partial charge in [0.1, 0.15) is 23.7 Å². The molecule has 1 N–H and O–H groups in total. The van der Waals surface area contributed by atoms with Gasteiger partial charge in [0.05, 0.1) is 7.11 Å². The SMILES string of the molecule is COC(=O)C(C)NC(=O)C1CCCN1C(=O)C1CCCN1C(=O)OC(C)(C)C. The van der Waals surface area contributed by atoms with Crippen LogP contribution in [0.15, 0.2) is 0 Å². The smallest absolute Gasteiger partial charge is 0.410 e. The third-order valence-corrected chi connectivity index (χ3v) is 4.92. The maximum Gasteiger partial charge on any atom is 0.410 e. The molecule has 0 radical (unpaired) electrons. The molecular formula is C19H31N3O6. The van der Waals surface area contributed by atoms with E-state index in [9.17, 15) is 19.2 Å². The van der Waals surface area contributed by atoms with E-state index in [0.717, 1.165) is 0 Å². The largest absolute Gasteiger partial charge is 0.467 e. The second-order valence-electron chi connectivity index (χ2n) is 8.27. The van der Waals surface area contributed by atoms with Gasteiger partial charge in [-0.2, -0.15) is 0 Å². The summed E-state index contributed by atoms with van der Waals surface area (Å²) in [6.07, 6.45) is 1.95. The normalized spacial score (nSPS) is 23.3. The van der Waals surface area contributed by atoms with Crippen molar-refractivity contribution in [2.24, 2.45) is 0 Å². The molecule has 0 aromatic heterocycles. The summed E-state index contributed by atoms with van der Waals surface area (Å²) in [5.74, 6) is -1.17. The van der Waals surface area contributed by atoms with E-state index < -0.39 is 35.8 Å². The number of rotatable bonds is 4. The number of hydrogen-bond acceptors (Lipinski definition) is 6. The van der Waals surface area contributed by atoms with Gasteiger partial charge in [0.25, 0.3) is 0 Å². The molecule has 2 aliphatic rings. The average molecular weight is 397 g/mol. The second-order valence-corrected chi connectivity index (χ2v) is 8.27. The summed E-state index contributed by atoms with van der Waals surface area (Å²) >= 11 is 0. The van der Waals surface area contributed by atoms with E-state index in [4.69, 9.17) is 4.74 Å². The van der Waals surface area contributed by atoms with Crippen molar-refractivity contribution in [2.75, 3.05) is 20.2 Å². The highest BCUT2D eigenvalue weighted by atomic mass is 16.6. The molecule has 28 heavy (non-hydrogen) atoms. The number of likely N-dealkylation sites (tertiary alicyclic amines) is 2. The van der Waals surface area contributed by atoms with Gasteiger partial charge in [-0.15, -0.1) is 0 Å².